The Hall–Kier alpha value is -7.16. The van der Waals surface area contributed by atoms with Crippen LogP contribution in [0.4, 0.5) is 17.1 Å². The highest BCUT2D eigenvalue weighted by Gasteiger charge is 2.17. The third kappa shape index (κ3) is 5.62. The van der Waals surface area contributed by atoms with E-state index in [1.807, 2.05) is 120 Å². The maximum Gasteiger partial charge on any atom is 0.0645 e. The lowest BCUT2D eigenvalue weighted by Gasteiger charge is -2.26. The molecule has 0 saturated heterocycles. The highest BCUT2D eigenvalue weighted by Crippen LogP contribution is 2.40. The van der Waals surface area contributed by atoms with E-state index in [4.69, 9.17) is 0 Å². The molecule has 0 unspecified atom stereocenters. The van der Waals surface area contributed by atoms with E-state index in [-0.39, 0.29) is 35.4 Å². The number of hydrogen-bond acceptors (Lipinski definition) is 1. The standard InChI is InChI=1S/C52H36N2/c1-3-13-37(14-4-1)39-25-30-44(31-26-39)53(46-20-11-19-42(35-46)38-15-5-2-6-16-38)45-32-27-40(28-33-45)43-29-34-52-49(36-43)48-22-9-10-23-51(48)54(52)50-24-12-18-41-17-7-8-21-47(41)50/h1-36H/i27D,28D,32D,33D. The second-order valence-corrected chi connectivity index (χ2v) is 13.5. The zero-order valence-electron chi connectivity index (χ0n) is 33.4. The molecule has 0 amide bonds. The van der Waals surface area contributed by atoms with Crippen molar-refractivity contribution in [2.75, 3.05) is 4.90 Å². The summed E-state index contributed by atoms with van der Waals surface area (Å²) < 4.78 is 40.5. The molecular weight excluding hydrogens is 653 g/mol. The van der Waals surface area contributed by atoms with Crippen LogP contribution in [0.5, 0.6) is 0 Å². The minimum Gasteiger partial charge on any atom is -0.310 e. The minimum absolute atomic E-state index is 0.0988. The second-order valence-electron chi connectivity index (χ2n) is 13.5. The van der Waals surface area contributed by atoms with E-state index in [1.54, 1.807) is 0 Å². The van der Waals surface area contributed by atoms with E-state index in [0.717, 1.165) is 71.9 Å². The maximum absolute atomic E-state index is 9.60. The fourth-order valence-electron chi connectivity index (χ4n) is 7.65. The number of aromatic nitrogens is 1. The van der Waals surface area contributed by atoms with Gasteiger partial charge in [-0.1, -0.05) is 158 Å². The second kappa shape index (κ2) is 13.4. The number of nitrogens with zero attached hydrogens (tertiary/aromatic N) is 2. The minimum atomic E-state index is -0.119. The molecule has 0 aliphatic heterocycles. The van der Waals surface area contributed by atoms with Crippen LogP contribution in [-0.4, -0.2) is 4.57 Å². The van der Waals surface area contributed by atoms with Crippen LogP contribution in [0.25, 0.3) is 71.6 Å². The summed E-state index contributed by atoms with van der Waals surface area (Å²) in [6.45, 7) is 0. The van der Waals surface area contributed by atoms with Gasteiger partial charge in [0.25, 0.3) is 0 Å². The average molecular weight is 693 g/mol. The zero-order chi connectivity index (χ0) is 39.3. The number of para-hydroxylation sites is 1. The molecule has 0 atom stereocenters. The normalized spacial score (nSPS) is 12.4. The molecule has 0 aliphatic rings. The highest BCUT2D eigenvalue weighted by atomic mass is 15.1. The lowest BCUT2D eigenvalue weighted by molar-refractivity contribution is 1.20. The number of hydrogen-bond donors (Lipinski definition) is 0. The Morgan fingerprint density at radius 2 is 0.889 bits per heavy atom. The van der Waals surface area contributed by atoms with Gasteiger partial charge in [0, 0.05) is 33.2 Å². The van der Waals surface area contributed by atoms with Gasteiger partial charge in [-0.25, -0.2) is 0 Å². The fraction of sp³-hybridized carbons (Fsp3) is 0. The van der Waals surface area contributed by atoms with Gasteiger partial charge in [0.15, 0.2) is 0 Å². The zero-order valence-corrected chi connectivity index (χ0v) is 29.4. The molecule has 54 heavy (non-hydrogen) atoms. The van der Waals surface area contributed by atoms with Gasteiger partial charge in [-0.15, -0.1) is 0 Å². The highest BCUT2D eigenvalue weighted by molar-refractivity contribution is 6.11. The van der Waals surface area contributed by atoms with E-state index < -0.39 is 0 Å². The van der Waals surface area contributed by atoms with Gasteiger partial charge in [0.05, 0.1) is 22.2 Å². The van der Waals surface area contributed by atoms with Crippen molar-refractivity contribution in [1.29, 1.82) is 0 Å². The Kier molecular flexibility index (Phi) is 6.84. The van der Waals surface area contributed by atoms with E-state index in [9.17, 15) is 5.48 Å². The summed E-state index contributed by atoms with van der Waals surface area (Å²) in [5.74, 6) is 0. The summed E-state index contributed by atoms with van der Waals surface area (Å²) in [4.78, 5) is 1.85. The number of fused-ring (bicyclic) bond motifs is 4. The molecule has 0 saturated carbocycles. The van der Waals surface area contributed by atoms with E-state index in [1.165, 1.54) is 0 Å². The van der Waals surface area contributed by atoms with Crippen molar-refractivity contribution in [3.8, 4) is 39.1 Å². The summed E-state index contributed by atoms with van der Waals surface area (Å²) in [5.41, 5.74) is 9.77. The lowest BCUT2D eigenvalue weighted by Crippen LogP contribution is -2.10. The van der Waals surface area contributed by atoms with Crippen LogP contribution < -0.4 is 4.90 Å². The van der Waals surface area contributed by atoms with E-state index in [2.05, 4.69) is 83.4 Å². The van der Waals surface area contributed by atoms with Crippen molar-refractivity contribution < 1.29 is 5.48 Å². The quantitative estimate of drug-likeness (QED) is 0.161. The first-order chi connectivity index (χ1) is 28.5. The van der Waals surface area contributed by atoms with Gasteiger partial charge < -0.3 is 9.47 Å². The molecule has 0 N–H and O–H groups in total. The van der Waals surface area contributed by atoms with Crippen LogP contribution in [0, 0.1) is 0 Å². The van der Waals surface area contributed by atoms with Gasteiger partial charge in [0.1, 0.15) is 0 Å². The summed E-state index contributed by atoms with van der Waals surface area (Å²) in [6, 6.07) is 64.9. The van der Waals surface area contributed by atoms with Gasteiger partial charge >= 0.3 is 0 Å². The molecule has 0 fully saturated rings. The SMILES string of the molecule is [2H]c1c([2H])c(N(c2ccc(-c3ccccc3)cc2)c2cccc(-c3ccccc3)c2)c([2H])c([2H])c1-c1ccc2c(c1)c1ccccc1n2-c1cccc2ccccc12. The molecule has 1 heterocycles. The van der Waals surface area contributed by atoms with Crippen LogP contribution in [0.2, 0.25) is 0 Å². The average Bonchev–Trinajstić information content (AvgIpc) is 3.61. The van der Waals surface area contributed by atoms with Gasteiger partial charge in [0.2, 0.25) is 0 Å². The Labute approximate surface area is 321 Å². The first-order valence-corrected chi connectivity index (χ1v) is 18.2. The lowest BCUT2D eigenvalue weighted by atomic mass is 10.0. The predicted molar refractivity (Wildman–Crippen MR) is 229 cm³/mol. The van der Waals surface area contributed by atoms with Crippen LogP contribution in [0.1, 0.15) is 5.48 Å². The Balaban J connectivity index is 1.15. The first kappa shape index (κ1) is 27.5. The van der Waals surface area contributed by atoms with Crippen molar-refractivity contribution in [2.24, 2.45) is 0 Å². The molecule has 10 rings (SSSR count). The summed E-state index contributed by atoms with van der Waals surface area (Å²) in [7, 11) is 0. The van der Waals surface area contributed by atoms with Gasteiger partial charge in [-0.05, 0) is 99.4 Å². The molecule has 2 nitrogen and oxygen atoms in total. The van der Waals surface area contributed by atoms with Crippen molar-refractivity contribution in [2.45, 2.75) is 0 Å². The molecular formula is C52H36N2. The fourth-order valence-corrected chi connectivity index (χ4v) is 7.65. The molecule has 0 aliphatic carbocycles. The molecule has 0 radical (unpaired) electrons. The van der Waals surface area contributed by atoms with Crippen molar-refractivity contribution in [3.63, 3.8) is 0 Å². The predicted octanol–water partition coefficient (Wildman–Crippen LogP) is 14.4. The molecule has 0 bridgehead atoms. The first-order valence-electron chi connectivity index (χ1n) is 20.2. The van der Waals surface area contributed by atoms with Crippen LogP contribution in [0.3, 0.4) is 0 Å². The third-order valence-corrected chi connectivity index (χ3v) is 10.2. The Morgan fingerprint density at radius 1 is 0.333 bits per heavy atom. The van der Waals surface area contributed by atoms with Crippen LogP contribution in [-0.2, 0) is 0 Å². The molecule has 9 aromatic carbocycles. The molecule has 0 spiro atoms. The van der Waals surface area contributed by atoms with Crippen molar-refractivity contribution >= 4 is 49.6 Å². The van der Waals surface area contributed by atoms with E-state index in [0.29, 0.717) is 5.56 Å². The largest absolute Gasteiger partial charge is 0.310 e. The van der Waals surface area contributed by atoms with E-state index >= 15 is 0 Å². The van der Waals surface area contributed by atoms with Crippen LogP contribution >= 0.6 is 0 Å². The molecule has 254 valence electrons. The smallest absolute Gasteiger partial charge is 0.0645 e. The Bertz CT molecular complexity index is 3120. The number of anilines is 3. The maximum atomic E-state index is 9.60. The summed E-state index contributed by atoms with van der Waals surface area (Å²) in [5, 5.41) is 4.31. The number of rotatable bonds is 7. The summed E-state index contributed by atoms with van der Waals surface area (Å²) in [6.07, 6.45) is 0. The van der Waals surface area contributed by atoms with Crippen molar-refractivity contribution in [3.05, 3.63) is 218 Å². The molecule has 10 aromatic rings. The summed E-state index contributed by atoms with van der Waals surface area (Å²) >= 11 is 0. The Morgan fingerprint density at radius 3 is 1.67 bits per heavy atom. The molecule has 1 aromatic heterocycles. The number of benzene rings is 9. The van der Waals surface area contributed by atoms with Crippen molar-refractivity contribution in [1.82, 2.24) is 4.57 Å². The topological polar surface area (TPSA) is 8.17 Å². The molecule has 2 heteroatoms. The van der Waals surface area contributed by atoms with Gasteiger partial charge in [-0.2, -0.15) is 0 Å². The third-order valence-electron chi connectivity index (χ3n) is 10.2. The van der Waals surface area contributed by atoms with Crippen LogP contribution in [0.15, 0.2) is 218 Å². The monoisotopic (exact) mass is 692 g/mol. The van der Waals surface area contributed by atoms with Gasteiger partial charge in [-0.3, -0.25) is 0 Å².